The molecule has 0 saturated carbocycles. The molecule has 0 radical (unpaired) electrons. The molecule has 0 spiro atoms. The standard InChI is InChI=1S/C17H16FN5/c1-11-3-4-13(9-14(11)18)21-16-10-15(22-17(19-2)23-16)12-5-7-20-8-6-12/h3-10H,1-2H3,(H2,19,21,22,23). The summed E-state index contributed by atoms with van der Waals surface area (Å²) in [4.78, 5) is 12.8. The van der Waals surface area contributed by atoms with Gasteiger partial charge in [-0.05, 0) is 36.8 Å². The molecular formula is C17H16FN5. The Morgan fingerprint density at radius 2 is 1.78 bits per heavy atom. The van der Waals surface area contributed by atoms with Gasteiger partial charge >= 0.3 is 0 Å². The highest BCUT2D eigenvalue weighted by Gasteiger charge is 2.07. The summed E-state index contributed by atoms with van der Waals surface area (Å²) in [5.74, 6) is 0.807. The minimum Gasteiger partial charge on any atom is -0.357 e. The van der Waals surface area contributed by atoms with Crippen molar-refractivity contribution in [3.63, 3.8) is 0 Å². The monoisotopic (exact) mass is 309 g/mol. The molecule has 3 aromatic rings. The van der Waals surface area contributed by atoms with Crippen LogP contribution in [0.15, 0.2) is 48.8 Å². The van der Waals surface area contributed by atoms with Crippen molar-refractivity contribution < 1.29 is 4.39 Å². The molecule has 0 fully saturated rings. The Morgan fingerprint density at radius 3 is 2.48 bits per heavy atom. The van der Waals surface area contributed by atoms with Gasteiger partial charge in [-0.1, -0.05) is 6.07 Å². The van der Waals surface area contributed by atoms with Crippen molar-refractivity contribution in [1.29, 1.82) is 0 Å². The minimum absolute atomic E-state index is 0.257. The maximum atomic E-state index is 13.7. The Bertz CT molecular complexity index is 820. The Hall–Kier alpha value is -3.02. The quantitative estimate of drug-likeness (QED) is 0.768. The van der Waals surface area contributed by atoms with Crippen LogP contribution in [0, 0.1) is 12.7 Å². The van der Waals surface area contributed by atoms with Crippen molar-refractivity contribution in [3.8, 4) is 11.3 Å². The van der Waals surface area contributed by atoms with Crippen LogP contribution in [0.2, 0.25) is 0 Å². The van der Waals surface area contributed by atoms with E-state index in [-0.39, 0.29) is 5.82 Å². The molecule has 6 heteroatoms. The number of pyridine rings is 1. The highest BCUT2D eigenvalue weighted by Crippen LogP contribution is 2.24. The van der Waals surface area contributed by atoms with E-state index >= 15 is 0 Å². The lowest BCUT2D eigenvalue weighted by molar-refractivity contribution is 0.619. The van der Waals surface area contributed by atoms with Gasteiger partial charge in [0.15, 0.2) is 0 Å². The third-order valence-corrected chi connectivity index (χ3v) is 3.37. The minimum atomic E-state index is -0.257. The maximum absolute atomic E-state index is 13.7. The van der Waals surface area contributed by atoms with Gasteiger partial charge in [0.2, 0.25) is 5.95 Å². The molecule has 0 aliphatic heterocycles. The van der Waals surface area contributed by atoms with E-state index in [1.54, 1.807) is 32.4 Å². The normalized spacial score (nSPS) is 10.4. The lowest BCUT2D eigenvalue weighted by atomic mass is 10.2. The summed E-state index contributed by atoms with van der Waals surface area (Å²) in [6, 6.07) is 10.5. The average molecular weight is 309 g/mol. The van der Waals surface area contributed by atoms with Crippen molar-refractivity contribution in [3.05, 3.63) is 60.2 Å². The second-order valence-corrected chi connectivity index (χ2v) is 5.04. The van der Waals surface area contributed by atoms with E-state index in [0.717, 1.165) is 11.3 Å². The molecule has 0 amide bonds. The zero-order valence-corrected chi connectivity index (χ0v) is 12.8. The predicted molar refractivity (Wildman–Crippen MR) is 89.2 cm³/mol. The molecule has 0 aliphatic rings. The molecule has 1 aromatic carbocycles. The van der Waals surface area contributed by atoms with Gasteiger partial charge in [0.05, 0.1) is 5.69 Å². The molecule has 23 heavy (non-hydrogen) atoms. The first-order valence-electron chi connectivity index (χ1n) is 7.16. The zero-order chi connectivity index (χ0) is 16.2. The smallest absolute Gasteiger partial charge is 0.224 e. The Balaban J connectivity index is 1.97. The fourth-order valence-corrected chi connectivity index (χ4v) is 2.11. The van der Waals surface area contributed by atoms with Crippen LogP contribution in [0.5, 0.6) is 0 Å². The van der Waals surface area contributed by atoms with E-state index in [0.29, 0.717) is 23.0 Å². The number of benzene rings is 1. The van der Waals surface area contributed by atoms with Crippen LogP contribution in [0.4, 0.5) is 21.8 Å². The lowest BCUT2D eigenvalue weighted by Crippen LogP contribution is -2.02. The van der Waals surface area contributed by atoms with Crippen LogP contribution in [0.25, 0.3) is 11.3 Å². The SMILES string of the molecule is CNc1nc(Nc2ccc(C)c(F)c2)cc(-c2ccncc2)n1. The summed E-state index contributed by atoms with van der Waals surface area (Å²) in [6.45, 7) is 1.73. The second-order valence-electron chi connectivity index (χ2n) is 5.04. The van der Waals surface area contributed by atoms with Gasteiger partial charge in [-0.3, -0.25) is 4.98 Å². The number of rotatable bonds is 4. The Morgan fingerprint density at radius 1 is 1.00 bits per heavy atom. The first kappa shape index (κ1) is 14.9. The third kappa shape index (κ3) is 3.42. The number of hydrogen-bond acceptors (Lipinski definition) is 5. The van der Waals surface area contributed by atoms with Gasteiger partial charge < -0.3 is 10.6 Å². The average Bonchev–Trinajstić information content (AvgIpc) is 2.58. The number of aromatic nitrogens is 3. The van der Waals surface area contributed by atoms with Crippen LogP contribution >= 0.6 is 0 Å². The molecule has 0 aliphatic carbocycles. The number of nitrogens with one attached hydrogen (secondary N) is 2. The fourth-order valence-electron chi connectivity index (χ4n) is 2.11. The second kappa shape index (κ2) is 6.39. The molecule has 2 heterocycles. The lowest BCUT2D eigenvalue weighted by Gasteiger charge is -2.10. The molecule has 0 bridgehead atoms. The van der Waals surface area contributed by atoms with Crippen LogP contribution in [-0.2, 0) is 0 Å². The fraction of sp³-hybridized carbons (Fsp3) is 0.118. The highest BCUT2D eigenvalue weighted by atomic mass is 19.1. The van der Waals surface area contributed by atoms with Gasteiger partial charge in [0.1, 0.15) is 11.6 Å². The maximum Gasteiger partial charge on any atom is 0.224 e. The van der Waals surface area contributed by atoms with Crippen molar-refractivity contribution in [2.75, 3.05) is 17.7 Å². The number of aryl methyl sites for hydroxylation is 1. The van der Waals surface area contributed by atoms with Gasteiger partial charge in [-0.25, -0.2) is 9.37 Å². The first-order chi connectivity index (χ1) is 11.2. The van der Waals surface area contributed by atoms with E-state index in [1.807, 2.05) is 24.3 Å². The summed E-state index contributed by atoms with van der Waals surface area (Å²) in [7, 11) is 1.75. The van der Waals surface area contributed by atoms with Crippen LogP contribution in [-0.4, -0.2) is 22.0 Å². The topological polar surface area (TPSA) is 62.7 Å². The summed E-state index contributed by atoms with van der Waals surface area (Å²) in [6.07, 6.45) is 3.41. The molecule has 0 unspecified atom stereocenters. The molecule has 2 aromatic heterocycles. The summed E-state index contributed by atoms with van der Waals surface area (Å²) in [5, 5.41) is 6.04. The Labute approximate surface area is 133 Å². The van der Waals surface area contributed by atoms with Crippen LogP contribution < -0.4 is 10.6 Å². The molecule has 116 valence electrons. The van der Waals surface area contributed by atoms with Crippen molar-refractivity contribution in [2.24, 2.45) is 0 Å². The van der Waals surface area contributed by atoms with Gasteiger partial charge in [-0.15, -0.1) is 0 Å². The number of hydrogen-bond donors (Lipinski definition) is 2. The van der Waals surface area contributed by atoms with Crippen molar-refractivity contribution in [2.45, 2.75) is 6.92 Å². The van der Waals surface area contributed by atoms with Crippen molar-refractivity contribution in [1.82, 2.24) is 15.0 Å². The number of anilines is 3. The molecule has 2 N–H and O–H groups in total. The van der Waals surface area contributed by atoms with Gasteiger partial charge in [0.25, 0.3) is 0 Å². The molecule has 3 rings (SSSR count). The summed E-state index contributed by atoms with van der Waals surface area (Å²) in [5.41, 5.74) is 2.92. The van der Waals surface area contributed by atoms with Crippen LogP contribution in [0.1, 0.15) is 5.56 Å². The first-order valence-corrected chi connectivity index (χ1v) is 7.16. The van der Waals surface area contributed by atoms with E-state index in [9.17, 15) is 4.39 Å². The van der Waals surface area contributed by atoms with Crippen LogP contribution in [0.3, 0.4) is 0 Å². The third-order valence-electron chi connectivity index (χ3n) is 3.37. The molecule has 0 atom stereocenters. The van der Waals surface area contributed by atoms with E-state index in [4.69, 9.17) is 0 Å². The Kier molecular flexibility index (Phi) is 4.14. The van der Waals surface area contributed by atoms with Gasteiger partial charge in [0, 0.05) is 36.8 Å². The molecule has 0 saturated heterocycles. The molecule has 5 nitrogen and oxygen atoms in total. The zero-order valence-electron chi connectivity index (χ0n) is 12.8. The molecular weight excluding hydrogens is 293 g/mol. The van der Waals surface area contributed by atoms with E-state index in [2.05, 4.69) is 25.6 Å². The number of nitrogens with zero attached hydrogens (tertiary/aromatic N) is 3. The summed E-state index contributed by atoms with van der Waals surface area (Å²) < 4.78 is 13.7. The largest absolute Gasteiger partial charge is 0.357 e. The number of halogens is 1. The van der Waals surface area contributed by atoms with E-state index < -0.39 is 0 Å². The predicted octanol–water partition coefficient (Wildman–Crippen LogP) is 3.77. The van der Waals surface area contributed by atoms with Crippen molar-refractivity contribution >= 4 is 17.5 Å². The highest BCUT2D eigenvalue weighted by molar-refractivity contribution is 5.67. The van der Waals surface area contributed by atoms with E-state index in [1.165, 1.54) is 6.07 Å². The van der Waals surface area contributed by atoms with Gasteiger partial charge in [-0.2, -0.15) is 4.98 Å². The summed E-state index contributed by atoms with van der Waals surface area (Å²) >= 11 is 0.